The van der Waals surface area contributed by atoms with E-state index in [0.29, 0.717) is 44.6 Å². The largest absolute Gasteiger partial charge is 0.454 e. The van der Waals surface area contributed by atoms with E-state index in [1.807, 2.05) is 23.1 Å². The van der Waals surface area contributed by atoms with Crippen molar-refractivity contribution < 1.29 is 23.8 Å². The van der Waals surface area contributed by atoms with Crippen LogP contribution in [-0.4, -0.2) is 85.8 Å². The molecular weight excluding hydrogens is 446 g/mol. The molecule has 4 aliphatic heterocycles. The van der Waals surface area contributed by atoms with E-state index in [4.69, 9.17) is 14.2 Å². The third-order valence-electron chi connectivity index (χ3n) is 8.15. The van der Waals surface area contributed by atoms with Gasteiger partial charge in [-0.05, 0) is 68.8 Å². The molecule has 1 aromatic carbocycles. The van der Waals surface area contributed by atoms with Crippen molar-refractivity contribution in [1.29, 1.82) is 0 Å². The smallest absolute Gasteiger partial charge is 0.231 e. The molecule has 192 valence electrons. The Balaban J connectivity index is 1.23. The summed E-state index contributed by atoms with van der Waals surface area (Å²) in [6, 6.07) is 6.38. The van der Waals surface area contributed by atoms with E-state index >= 15 is 0 Å². The summed E-state index contributed by atoms with van der Waals surface area (Å²) >= 11 is 0. The molecule has 3 fully saturated rings. The maximum Gasteiger partial charge on any atom is 0.231 e. The van der Waals surface area contributed by atoms with Crippen molar-refractivity contribution in [1.82, 2.24) is 14.7 Å². The Labute approximate surface area is 208 Å². The molecule has 0 unspecified atom stereocenters. The molecule has 8 heteroatoms. The van der Waals surface area contributed by atoms with Crippen molar-refractivity contribution in [3.8, 4) is 11.5 Å². The predicted octanol–water partition coefficient (Wildman–Crippen LogP) is 2.89. The van der Waals surface area contributed by atoms with Crippen LogP contribution < -0.4 is 9.47 Å². The quantitative estimate of drug-likeness (QED) is 0.501. The fourth-order valence-electron chi connectivity index (χ4n) is 6.37. The van der Waals surface area contributed by atoms with Crippen molar-refractivity contribution in [2.75, 3.05) is 53.2 Å². The van der Waals surface area contributed by atoms with E-state index in [-0.39, 0.29) is 24.5 Å². The van der Waals surface area contributed by atoms with Crippen LogP contribution >= 0.6 is 0 Å². The molecule has 3 atom stereocenters. The zero-order valence-corrected chi connectivity index (χ0v) is 21.0. The normalized spacial score (nSPS) is 26.1. The van der Waals surface area contributed by atoms with Gasteiger partial charge < -0.3 is 28.9 Å². The van der Waals surface area contributed by atoms with Gasteiger partial charge in [0.05, 0.1) is 5.92 Å². The number of carbonyl (C=O) groups is 2. The van der Waals surface area contributed by atoms with Crippen LogP contribution in [0.2, 0.25) is 0 Å². The Kier molecular flexibility index (Phi) is 7.78. The summed E-state index contributed by atoms with van der Waals surface area (Å²) in [5.41, 5.74) is 0.993. The molecule has 1 aromatic rings. The number of methoxy groups -OCH3 is 1. The highest BCUT2D eigenvalue weighted by Crippen LogP contribution is 2.34. The monoisotopic (exact) mass is 485 g/mol. The molecule has 4 aliphatic rings. The number of nitrogens with zero attached hydrogens (tertiary/aromatic N) is 3. The number of piperidine rings is 2. The predicted molar refractivity (Wildman–Crippen MR) is 131 cm³/mol. The third-order valence-corrected chi connectivity index (χ3v) is 8.15. The van der Waals surface area contributed by atoms with Gasteiger partial charge in [-0.1, -0.05) is 12.5 Å². The lowest BCUT2D eigenvalue weighted by Gasteiger charge is -2.46. The van der Waals surface area contributed by atoms with Crippen molar-refractivity contribution in [2.24, 2.45) is 11.8 Å². The summed E-state index contributed by atoms with van der Waals surface area (Å²) in [6.07, 6.45) is 7.36. The highest BCUT2D eigenvalue weighted by atomic mass is 16.7. The van der Waals surface area contributed by atoms with Crippen molar-refractivity contribution >= 4 is 11.8 Å². The molecule has 0 N–H and O–H groups in total. The van der Waals surface area contributed by atoms with Crippen molar-refractivity contribution in [2.45, 2.75) is 57.5 Å². The van der Waals surface area contributed by atoms with Gasteiger partial charge in [0.15, 0.2) is 11.5 Å². The first kappa shape index (κ1) is 24.4. The van der Waals surface area contributed by atoms with Crippen LogP contribution in [0.1, 0.15) is 50.5 Å². The SMILES string of the molecule is COCCCN(C[C@@H]1CCCN2CCCC[C@@H]12)C(=O)[C@@H]1CC(=O)N(Cc2ccc3c(c2)OCO3)C1. The minimum atomic E-state index is -0.273. The first-order valence-corrected chi connectivity index (χ1v) is 13.3. The lowest BCUT2D eigenvalue weighted by atomic mass is 9.83. The number of hydrogen-bond donors (Lipinski definition) is 0. The third kappa shape index (κ3) is 5.59. The summed E-state index contributed by atoms with van der Waals surface area (Å²) in [5, 5.41) is 0. The zero-order valence-electron chi connectivity index (χ0n) is 21.0. The van der Waals surface area contributed by atoms with E-state index in [1.54, 1.807) is 7.11 Å². The van der Waals surface area contributed by atoms with E-state index < -0.39 is 0 Å². The van der Waals surface area contributed by atoms with Crippen LogP contribution in [0, 0.1) is 11.8 Å². The second kappa shape index (κ2) is 11.2. The molecule has 8 nitrogen and oxygen atoms in total. The van der Waals surface area contributed by atoms with Crippen LogP contribution in [0.5, 0.6) is 11.5 Å². The summed E-state index contributed by atoms with van der Waals surface area (Å²) < 4.78 is 16.1. The Morgan fingerprint density at radius 2 is 2.00 bits per heavy atom. The van der Waals surface area contributed by atoms with Gasteiger partial charge in [0, 0.05) is 52.4 Å². The fraction of sp³-hybridized carbons (Fsp3) is 0.704. The fourth-order valence-corrected chi connectivity index (χ4v) is 6.37. The minimum absolute atomic E-state index is 0.0500. The number of hydrogen-bond acceptors (Lipinski definition) is 6. The lowest BCUT2D eigenvalue weighted by molar-refractivity contribution is -0.137. The summed E-state index contributed by atoms with van der Waals surface area (Å²) in [5.74, 6) is 1.89. The number of ether oxygens (including phenoxy) is 3. The second-order valence-electron chi connectivity index (χ2n) is 10.5. The number of rotatable bonds is 9. The van der Waals surface area contributed by atoms with Crippen molar-refractivity contribution in [3.05, 3.63) is 23.8 Å². The van der Waals surface area contributed by atoms with E-state index in [9.17, 15) is 9.59 Å². The zero-order chi connectivity index (χ0) is 24.2. The molecule has 0 saturated carbocycles. The Morgan fingerprint density at radius 1 is 1.14 bits per heavy atom. The number of benzene rings is 1. The summed E-state index contributed by atoms with van der Waals surface area (Å²) in [4.78, 5) is 33.1. The standard InChI is InChI=1S/C27H39N3O5/c1-33-13-5-12-29(17-21-6-4-11-28-10-3-2-7-23(21)28)27(32)22-15-26(31)30(18-22)16-20-8-9-24-25(14-20)35-19-34-24/h8-9,14,21-23H,2-7,10-13,15-19H2,1H3/t21-,22+,23-/m0/s1. The molecule has 0 aromatic heterocycles. The summed E-state index contributed by atoms with van der Waals surface area (Å²) in [7, 11) is 1.71. The Hall–Kier alpha value is -2.32. The highest BCUT2D eigenvalue weighted by molar-refractivity contribution is 5.89. The lowest BCUT2D eigenvalue weighted by Crippen LogP contribution is -2.52. The van der Waals surface area contributed by atoms with E-state index in [0.717, 1.165) is 30.0 Å². The highest BCUT2D eigenvalue weighted by Gasteiger charge is 2.39. The van der Waals surface area contributed by atoms with Gasteiger partial charge in [-0.2, -0.15) is 0 Å². The van der Waals surface area contributed by atoms with Crippen LogP contribution in [0.3, 0.4) is 0 Å². The van der Waals surface area contributed by atoms with Gasteiger partial charge in [0.1, 0.15) is 0 Å². The van der Waals surface area contributed by atoms with Gasteiger partial charge in [0.2, 0.25) is 18.6 Å². The molecule has 3 saturated heterocycles. The molecule has 0 spiro atoms. The Morgan fingerprint density at radius 3 is 2.89 bits per heavy atom. The molecule has 0 bridgehead atoms. The maximum absolute atomic E-state index is 13.7. The van der Waals surface area contributed by atoms with E-state index in [2.05, 4.69) is 9.80 Å². The van der Waals surface area contributed by atoms with Gasteiger partial charge in [-0.15, -0.1) is 0 Å². The summed E-state index contributed by atoms with van der Waals surface area (Å²) in [6.45, 7) is 5.74. The van der Waals surface area contributed by atoms with Crippen LogP contribution in [0.25, 0.3) is 0 Å². The van der Waals surface area contributed by atoms with Crippen LogP contribution in [0.15, 0.2) is 18.2 Å². The topological polar surface area (TPSA) is 71.6 Å². The molecule has 4 heterocycles. The van der Waals surface area contributed by atoms with Gasteiger partial charge >= 0.3 is 0 Å². The molecule has 0 aliphatic carbocycles. The number of amides is 2. The number of carbonyl (C=O) groups excluding carboxylic acids is 2. The van der Waals surface area contributed by atoms with Gasteiger partial charge in [-0.25, -0.2) is 0 Å². The average Bonchev–Trinajstić information content (AvgIpc) is 3.49. The number of likely N-dealkylation sites (tertiary alicyclic amines) is 1. The molecule has 35 heavy (non-hydrogen) atoms. The minimum Gasteiger partial charge on any atom is -0.454 e. The molecular formula is C27H39N3O5. The van der Waals surface area contributed by atoms with Crippen molar-refractivity contribution in [3.63, 3.8) is 0 Å². The molecule has 5 rings (SSSR count). The maximum atomic E-state index is 13.7. The molecule has 0 radical (unpaired) electrons. The first-order chi connectivity index (χ1) is 17.1. The van der Waals surface area contributed by atoms with Crippen LogP contribution in [0.4, 0.5) is 0 Å². The number of fused-ring (bicyclic) bond motifs is 2. The second-order valence-corrected chi connectivity index (χ2v) is 10.5. The average molecular weight is 486 g/mol. The van der Waals surface area contributed by atoms with Gasteiger partial charge in [-0.3, -0.25) is 9.59 Å². The van der Waals surface area contributed by atoms with Crippen LogP contribution in [-0.2, 0) is 20.9 Å². The van der Waals surface area contributed by atoms with Gasteiger partial charge in [0.25, 0.3) is 0 Å². The van der Waals surface area contributed by atoms with E-state index in [1.165, 1.54) is 45.2 Å². The first-order valence-electron chi connectivity index (χ1n) is 13.3. The Bertz CT molecular complexity index is 907. The molecule has 2 amide bonds.